The van der Waals surface area contributed by atoms with Gasteiger partial charge in [-0.05, 0) is 6.07 Å². The van der Waals surface area contributed by atoms with E-state index in [0.29, 0.717) is 6.07 Å². The first-order valence-electron chi connectivity index (χ1n) is 5.78. The molecule has 0 aliphatic carbocycles. The smallest absolute Gasteiger partial charge is 0.305 e. The summed E-state index contributed by atoms with van der Waals surface area (Å²) in [6.45, 7) is -0.587. The van der Waals surface area contributed by atoms with E-state index in [1.165, 1.54) is 0 Å². The van der Waals surface area contributed by atoms with Crippen LogP contribution < -0.4 is 4.90 Å². The van der Waals surface area contributed by atoms with Gasteiger partial charge in [-0.2, -0.15) is 8.42 Å². The maximum absolute atomic E-state index is 13.0. The molecule has 12 heteroatoms. The van der Waals surface area contributed by atoms with E-state index in [0.717, 1.165) is 17.0 Å². The Morgan fingerprint density at radius 1 is 1.23 bits per heavy atom. The average molecular weight is 333 g/mol. The summed E-state index contributed by atoms with van der Waals surface area (Å²) in [6.07, 6.45) is -0.646. The van der Waals surface area contributed by atoms with Crippen molar-refractivity contribution in [3.63, 3.8) is 0 Å². The molecule has 0 radical (unpaired) electrons. The highest BCUT2D eigenvalue weighted by atomic mass is 32.3. The number of amides is 1. The molecule has 0 spiro atoms. The molecule has 1 fully saturated rings. The number of benzene rings is 1. The molecular weight excluding hydrogens is 325 g/mol. The second kappa shape index (κ2) is 5.29. The minimum atomic E-state index is -4.97. The number of halogens is 1. The normalized spacial score (nSPS) is 18.5. The molecule has 0 aromatic heterocycles. The van der Waals surface area contributed by atoms with Crippen molar-refractivity contribution in [2.24, 2.45) is 0 Å². The van der Waals surface area contributed by atoms with Gasteiger partial charge in [-0.15, -0.1) is 3.89 Å². The van der Waals surface area contributed by atoms with E-state index in [4.69, 9.17) is 0 Å². The highest BCUT2D eigenvalue weighted by molar-refractivity contribution is 7.87. The summed E-state index contributed by atoms with van der Waals surface area (Å²) in [5, 5.41) is 20.0. The number of nitro groups is 2. The maximum Gasteiger partial charge on any atom is 0.307 e. The third kappa shape index (κ3) is 2.86. The quantitative estimate of drug-likeness (QED) is 0.453. The van der Waals surface area contributed by atoms with Gasteiger partial charge in [0.1, 0.15) is 10.9 Å². The average Bonchev–Trinajstić information content (AvgIpc) is 2.79. The summed E-state index contributed by atoms with van der Waals surface area (Å²) in [7, 11) is -4.97. The second-order valence-corrected chi connectivity index (χ2v) is 6.11. The third-order valence-electron chi connectivity index (χ3n) is 3.15. The monoisotopic (exact) mass is 333 g/mol. The fourth-order valence-electron chi connectivity index (χ4n) is 2.10. The first kappa shape index (κ1) is 15.8. The lowest BCUT2D eigenvalue weighted by molar-refractivity contribution is -0.393. The predicted octanol–water partition coefficient (Wildman–Crippen LogP) is 0.908. The van der Waals surface area contributed by atoms with Crippen molar-refractivity contribution >= 4 is 33.2 Å². The van der Waals surface area contributed by atoms with Crippen LogP contribution in [0.1, 0.15) is 6.42 Å². The lowest BCUT2D eigenvalue weighted by atomic mass is 10.2. The molecular formula is C10H8FN3O7S. The minimum Gasteiger partial charge on any atom is -0.305 e. The number of hydrogen-bond donors (Lipinski definition) is 0. The molecule has 0 N–H and O–H groups in total. The van der Waals surface area contributed by atoms with Crippen LogP contribution in [0.25, 0.3) is 0 Å². The summed E-state index contributed by atoms with van der Waals surface area (Å²) in [5.41, 5.74) is -1.61. The number of hydrogen-bond acceptors (Lipinski definition) is 7. The lowest BCUT2D eigenvalue weighted by Crippen LogP contribution is -2.27. The Hall–Kier alpha value is -2.63. The molecule has 1 heterocycles. The molecule has 1 aliphatic heterocycles. The van der Waals surface area contributed by atoms with Crippen molar-refractivity contribution in [3.8, 4) is 0 Å². The Morgan fingerprint density at radius 3 is 2.32 bits per heavy atom. The third-order valence-corrected chi connectivity index (χ3v) is 4.26. The largest absolute Gasteiger partial charge is 0.307 e. The van der Waals surface area contributed by atoms with Gasteiger partial charge in [-0.3, -0.25) is 25.0 Å². The second-order valence-electron chi connectivity index (χ2n) is 4.49. The van der Waals surface area contributed by atoms with Gasteiger partial charge in [0.25, 0.3) is 11.4 Å². The summed E-state index contributed by atoms with van der Waals surface area (Å²) in [4.78, 5) is 32.3. The standard InChI is InChI=1S/C10H8FN3O7S/c11-22(20,21)7-4-10(15)12(5-7)8-2-1-6(13(16)17)3-9(8)14(18)19/h1-3,7H,4-5H2. The zero-order valence-corrected chi connectivity index (χ0v) is 11.5. The van der Waals surface area contributed by atoms with Crippen LogP contribution >= 0.6 is 0 Å². The number of non-ortho nitro benzene ring substituents is 1. The summed E-state index contributed by atoms with van der Waals surface area (Å²) in [6, 6.07) is 2.55. The van der Waals surface area contributed by atoms with Gasteiger partial charge in [-0.25, -0.2) is 0 Å². The zero-order valence-electron chi connectivity index (χ0n) is 10.7. The van der Waals surface area contributed by atoms with Crippen molar-refractivity contribution < 1.29 is 26.9 Å². The minimum absolute atomic E-state index is 0.313. The van der Waals surface area contributed by atoms with Crippen LogP contribution in [0.2, 0.25) is 0 Å². The molecule has 118 valence electrons. The van der Waals surface area contributed by atoms with Gasteiger partial charge in [0, 0.05) is 19.0 Å². The molecule has 1 aliphatic rings. The number of carbonyl (C=O) groups is 1. The van der Waals surface area contributed by atoms with Crippen molar-refractivity contribution in [1.29, 1.82) is 0 Å². The van der Waals surface area contributed by atoms with Gasteiger partial charge in [-0.1, -0.05) is 0 Å². The van der Waals surface area contributed by atoms with Crippen molar-refractivity contribution in [2.45, 2.75) is 11.7 Å². The van der Waals surface area contributed by atoms with E-state index < -0.39 is 55.6 Å². The van der Waals surface area contributed by atoms with Crippen LogP contribution in [0.5, 0.6) is 0 Å². The number of rotatable bonds is 4. The molecule has 0 bridgehead atoms. The Kier molecular flexibility index (Phi) is 3.79. The molecule has 2 rings (SSSR count). The van der Waals surface area contributed by atoms with Crippen LogP contribution in [-0.2, 0) is 15.0 Å². The molecule has 1 aromatic rings. The van der Waals surface area contributed by atoms with Crippen LogP contribution in [0.3, 0.4) is 0 Å². The Bertz CT molecular complexity index is 779. The predicted molar refractivity (Wildman–Crippen MR) is 70.5 cm³/mol. The van der Waals surface area contributed by atoms with Gasteiger partial charge in [0.15, 0.2) is 0 Å². The lowest BCUT2D eigenvalue weighted by Gasteiger charge is -2.15. The fraction of sp³-hybridized carbons (Fsp3) is 0.300. The molecule has 1 amide bonds. The SMILES string of the molecule is O=C1CC(S(=O)(=O)F)CN1c1ccc([N+](=O)[O-])cc1[N+](=O)[O-]. The Balaban J connectivity index is 2.47. The Morgan fingerprint density at radius 2 is 1.86 bits per heavy atom. The van der Waals surface area contributed by atoms with Gasteiger partial charge in [0.05, 0.1) is 15.9 Å². The topological polar surface area (TPSA) is 141 Å². The van der Waals surface area contributed by atoms with Crippen molar-refractivity contribution in [2.75, 3.05) is 11.4 Å². The molecule has 1 aromatic carbocycles. The first-order chi connectivity index (χ1) is 10.1. The highest BCUT2D eigenvalue weighted by Gasteiger charge is 2.41. The first-order valence-corrected chi connectivity index (χ1v) is 7.22. The number of nitrogens with zero attached hydrogens (tertiary/aromatic N) is 3. The van der Waals surface area contributed by atoms with Crippen LogP contribution in [0.4, 0.5) is 20.9 Å². The summed E-state index contributed by atoms with van der Waals surface area (Å²) < 4.78 is 34.7. The van der Waals surface area contributed by atoms with Gasteiger partial charge < -0.3 is 4.90 Å². The van der Waals surface area contributed by atoms with Crippen LogP contribution in [0.15, 0.2) is 18.2 Å². The van der Waals surface area contributed by atoms with Gasteiger partial charge in [0.2, 0.25) is 5.91 Å². The van der Waals surface area contributed by atoms with Crippen molar-refractivity contribution in [3.05, 3.63) is 38.4 Å². The number of carbonyl (C=O) groups excluding carboxylic acids is 1. The summed E-state index contributed by atoms with van der Waals surface area (Å²) in [5.74, 6) is -0.817. The molecule has 1 atom stereocenters. The Labute approximate surface area is 122 Å². The molecule has 1 saturated heterocycles. The molecule has 10 nitrogen and oxygen atoms in total. The van der Waals surface area contributed by atoms with E-state index in [2.05, 4.69) is 0 Å². The van der Waals surface area contributed by atoms with E-state index in [1.54, 1.807) is 0 Å². The van der Waals surface area contributed by atoms with Gasteiger partial charge >= 0.3 is 10.2 Å². The van der Waals surface area contributed by atoms with Crippen LogP contribution in [0, 0.1) is 20.2 Å². The molecule has 1 unspecified atom stereocenters. The zero-order chi connectivity index (χ0) is 16.7. The van der Waals surface area contributed by atoms with Crippen molar-refractivity contribution in [1.82, 2.24) is 0 Å². The van der Waals surface area contributed by atoms with Crippen LogP contribution in [-0.4, -0.2) is 36.0 Å². The van der Waals surface area contributed by atoms with E-state index in [9.17, 15) is 37.3 Å². The fourth-order valence-corrected chi connectivity index (χ4v) is 2.76. The van der Waals surface area contributed by atoms with E-state index in [1.807, 2.05) is 0 Å². The maximum atomic E-state index is 13.0. The highest BCUT2D eigenvalue weighted by Crippen LogP contribution is 2.35. The summed E-state index contributed by atoms with van der Waals surface area (Å²) >= 11 is 0. The van der Waals surface area contributed by atoms with E-state index >= 15 is 0 Å². The molecule has 0 saturated carbocycles. The van der Waals surface area contributed by atoms with E-state index in [-0.39, 0.29) is 5.69 Å². The number of nitro benzene ring substituents is 2. The number of anilines is 1. The molecule has 22 heavy (non-hydrogen) atoms.